The van der Waals surface area contributed by atoms with E-state index >= 15 is 0 Å². The molecule has 1 aromatic carbocycles. The van der Waals surface area contributed by atoms with E-state index in [0.29, 0.717) is 36.4 Å². The van der Waals surface area contributed by atoms with Crippen molar-refractivity contribution in [2.24, 2.45) is 0 Å². The van der Waals surface area contributed by atoms with Gasteiger partial charge in [-0.1, -0.05) is 0 Å². The van der Waals surface area contributed by atoms with Crippen molar-refractivity contribution in [1.29, 1.82) is 0 Å². The van der Waals surface area contributed by atoms with Gasteiger partial charge in [-0.15, -0.1) is 0 Å². The minimum atomic E-state index is -0.314. The smallest absolute Gasteiger partial charge is 0.252 e. The highest BCUT2D eigenvalue weighted by atomic mass is 16.5. The van der Waals surface area contributed by atoms with Gasteiger partial charge in [-0.05, 0) is 32.0 Å². The van der Waals surface area contributed by atoms with Gasteiger partial charge in [0.05, 0.1) is 42.9 Å². The molecule has 1 aliphatic rings. The van der Waals surface area contributed by atoms with E-state index < -0.39 is 0 Å². The minimum Gasteiger partial charge on any atom is -0.497 e. The van der Waals surface area contributed by atoms with Crippen molar-refractivity contribution in [1.82, 2.24) is 29.9 Å². The molecule has 1 fully saturated rings. The van der Waals surface area contributed by atoms with Crippen molar-refractivity contribution in [3.05, 3.63) is 52.2 Å². The van der Waals surface area contributed by atoms with Crippen LogP contribution in [0.4, 0.5) is 17.8 Å². The lowest BCUT2D eigenvalue weighted by Crippen LogP contribution is -2.37. The van der Waals surface area contributed by atoms with E-state index in [0.717, 1.165) is 41.1 Å². The number of anilines is 3. The van der Waals surface area contributed by atoms with E-state index in [4.69, 9.17) is 9.47 Å². The number of aryl methyl sites for hydroxylation is 2. The van der Waals surface area contributed by atoms with Crippen LogP contribution in [0.15, 0.2) is 35.3 Å². The van der Waals surface area contributed by atoms with Crippen molar-refractivity contribution in [2.45, 2.75) is 13.8 Å². The molecule has 174 valence electrons. The van der Waals surface area contributed by atoms with E-state index in [1.807, 2.05) is 32.0 Å². The summed E-state index contributed by atoms with van der Waals surface area (Å²) in [4.78, 5) is 39.9. The molecule has 4 aromatic rings. The maximum atomic E-state index is 12.4. The van der Waals surface area contributed by atoms with Crippen molar-refractivity contribution in [2.75, 3.05) is 43.6 Å². The Morgan fingerprint density at radius 1 is 1.06 bits per heavy atom. The Hall–Kier alpha value is -4.12. The molecule has 1 saturated heterocycles. The van der Waals surface area contributed by atoms with Crippen LogP contribution in [0.1, 0.15) is 11.4 Å². The molecule has 2 N–H and O–H groups in total. The molecule has 4 heterocycles. The maximum Gasteiger partial charge on any atom is 0.252 e. The first kappa shape index (κ1) is 21.7. The molecule has 3 aromatic heterocycles. The van der Waals surface area contributed by atoms with Crippen LogP contribution in [0.5, 0.6) is 5.75 Å². The number of nitrogens with zero attached hydrogens (tertiary/aromatic N) is 6. The summed E-state index contributed by atoms with van der Waals surface area (Å²) < 4.78 is 10.7. The topological polar surface area (TPSA) is 131 Å². The normalized spacial score (nSPS) is 13.8. The lowest BCUT2D eigenvalue weighted by molar-refractivity contribution is 0.122. The van der Waals surface area contributed by atoms with Gasteiger partial charge in [0.15, 0.2) is 0 Å². The summed E-state index contributed by atoms with van der Waals surface area (Å²) in [5, 5.41) is 3.90. The van der Waals surface area contributed by atoms with Crippen LogP contribution < -0.4 is 20.5 Å². The molecule has 1 aliphatic heterocycles. The minimum absolute atomic E-state index is 0.228. The Labute approximate surface area is 195 Å². The fraction of sp³-hybridized carbons (Fsp3) is 0.304. The number of ether oxygens (including phenoxy) is 2. The van der Waals surface area contributed by atoms with Crippen molar-refractivity contribution in [3.8, 4) is 17.0 Å². The van der Waals surface area contributed by atoms with Gasteiger partial charge in [-0.3, -0.25) is 15.1 Å². The van der Waals surface area contributed by atoms with Crippen LogP contribution in [-0.2, 0) is 4.74 Å². The highest BCUT2D eigenvalue weighted by Gasteiger charge is 2.16. The first-order valence-corrected chi connectivity index (χ1v) is 10.9. The summed E-state index contributed by atoms with van der Waals surface area (Å²) in [6.45, 7) is 6.55. The first-order chi connectivity index (χ1) is 16.5. The molecule has 11 nitrogen and oxygen atoms in total. The average Bonchev–Trinajstić information content (AvgIpc) is 2.84. The Bertz CT molecular complexity index is 1420. The zero-order valence-corrected chi connectivity index (χ0v) is 19.1. The summed E-state index contributed by atoms with van der Waals surface area (Å²) in [6.07, 6.45) is 1.70. The Kier molecular flexibility index (Phi) is 5.76. The predicted octanol–water partition coefficient (Wildman–Crippen LogP) is 2.38. The summed E-state index contributed by atoms with van der Waals surface area (Å²) in [5.41, 5.74) is 3.07. The van der Waals surface area contributed by atoms with E-state index in [1.165, 1.54) is 6.07 Å². The third-order valence-electron chi connectivity index (χ3n) is 5.60. The number of fused-ring (bicyclic) bond motifs is 1. The lowest BCUT2D eigenvalue weighted by Gasteiger charge is -2.27. The third kappa shape index (κ3) is 4.37. The molecule has 0 radical (unpaired) electrons. The van der Waals surface area contributed by atoms with Crippen molar-refractivity contribution in [3.63, 3.8) is 0 Å². The van der Waals surface area contributed by atoms with Gasteiger partial charge >= 0.3 is 0 Å². The van der Waals surface area contributed by atoms with Gasteiger partial charge in [-0.2, -0.15) is 0 Å². The quantitative estimate of drug-likeness (QED) is 0.457. The molecule has 0 amide bonds. The molecule has 0 aliphatic carbocycles. The predicted molar refractivity (Wildman–Crippen MR) is 128 cm³/mol. The lowest BCUT2D eigenvalue weighted by atomic mass is 10.2. The molecular formula is C23H24N8O3. The third-order valence-corrected chi connectivity index (χ3v) is 5.60. The molecule has 0 spiro atoms. The number of methoxy groups -OCH3 is 1. The number of H-pyrrole nitrogens is 1. The molecule has 0 unspecified atom stereocenters. The monoisotopic (exact) mass is 460 g/mol. The maximum absolute atomic E-state index is 12.4. The van der Waals surface area contributed by atoms with Gasteiger partial charge < -0.3 is 14.4 Å². The molecule has 0 atom stereocenters. The van der Waals surface area contributed by atoms with Gasteiger partial charge in [0.25, 0.3) is 5.56 Å². The number of aromatic nitrogens is 6. The van der Waals surface area contributed by atoms with E-state index in [2.05, 4.69) is 40.1 Å². The Morgan fingerprint density at radius 2 is 1.88 bits per heavy atom. The van der Waals surface area contributed by atoms with Crippen LogP contribution in [0.2, 0.25) is 0 Å². The fourth-order valence-electron chi connectivity index (χ4n) is 3.83. The van der Waals surface area contributed by atoms with Gasteiger partial charge in [0.2, 0.25) is 17.8 Å². The largest absolute Gasteiger partial charge is 0.497 e. The number of hydrogen-bond acceptors (Lipinski definition) is 10. The van der Waals surface area contributed by atoms with Crippen molar-refractivity contribution < 1.29 is 9.47 Å². The molecule has 5 rings (SSSR count). The van der Waals surface area contributed by atoms with Crippen molar-refractivity contribution >= 4 is 28.7 Å². The van der Waals surface area contributed by atoms with Crippen LogP contribution >= 0.6 is 0 Å². The second kappa shape index (κ2) is 9.02. The van der Waals surface area contributed by atoms with Crippen LogP contribution in [0.3, 0.4) is 0 Å². The Balaban J connectivity index is 1.45. The van der Waals surface area contributed by atoms with E-state index in [-0.39, 0.29) is 11.5 Å². The molecule has 0 bridgehead atoms. The first-order valence-electron chi connectivity index (χ1n) is 10.9. The summed E-state index contributed by atoms with van der Waals surface area (Å²) >= 11 is 0. The summed E-state index contributed by atoms with van der Waals surface area (Å²) in [6, 6.07) is 7.00. The number of aromatic amines is 1. The van der Waals surface area contributed by atoms with Gasteiger partial charge in [0, 0.05) is 36.3 Å². The number of hydrogen-bond donors (Lipinski definition) is 2. The fourth-order valence-corrected chi connectivity index (χ4v) is 3.83. The number of morpholine rings is 1. The summed E-state index contributed by atoms with van der Waals surface area (Å²) in [5.74, 6) is 1.93. The molecule has 11 heteroatoms. The highest BCUT2D eigenvalue weighted by molar-refractivity contribution is 5.83. The highest BCUT2D eigenvalue weighted by Crippen LogP contribution is 2.25. The zero-order valence-electron chi connectivity index (χ0n) is 19.1. The van der Waals surface area contributed by atoms with Gasteiger partial charge in [0.1, 0.15) is 5.75 Å². The van der Waals surface area contributed by atoms with E-state index in [1.54, 1.807) is 13.3 Å². The average molecular weight is 460 g/mol. The second-order valence-corrected chi connectivity index (χ2v) is 7.89. The molecule has 34 heavy (non-hydrogen) atoms. The number of benzene rings is 1. The van der Waals surface area contributed by atoms with Crippen LogP contribution in [0, 0.1) is 13.8 Å². The van der Waals surface area contributed by atoms with E-state index in [9.17, 15) is 4.79 Å². The SMILES string of the molecule is COc1ccc2nc(Nc3nc(-c4cnc(N5CCOCC5)nc4C)cc(=O)[nH]3)nc(C)c2c1. The number of rotatable bonds is 5. The second-order valence-electron chi connectivity index (χ2n) is 7.89. The molecule has 0 saturated carbocycles. The van der Waals surface area contributed by atoms with Crippen LogP contribution in [0.25, 0.3) is 22.2 Å². The zero-order chi connectivity index (χ0) is 23.7. The van der Waals surface area contributed by atoms with Gasteiger partial charge in [-0.25, -0.2) is 24.9 Å². The Morgan fingerprint density at radius 3 is 2.65 bits per heavy atom. The van der Waals surface area contributed by atoms with Crippen LogP contribution in [-0.4, -0.2) is 63.3 Å². The molecular weight excluding hydrogens is 436 g/mol. The standard InChI is InChI=1S/C23H24N8O3/c1-13-16-10-15(33-3)4-5-18(16)27-21(25-13)30-22-28-19(11-20(32)29-22)17-12-24-23(26-14(17)2)31-6-8-34-9-7-31/h4-5,10-12H,6-9H2,1-3H3,(H2,25,27,28,29,30,32). The number of nitrogens with one attached hydrogen (secondary N) is 2. The summed E-state index contributed by atoms with van der Waals surface area (Å²) in [7, 11) is 1.62.